The van der Waals surface area contributed by atoms with Crippen LogP contribution in [-0.4, -0.2) is 50.6 Å². The zero-order valence-corrected chi connectivity index (χ0v) is 19.6. The molecular formula is C23H25F2N9O2. The van der Waals surface area contributed by atoms with E-state index in [-0.39, 0.29) is 40.7 Å². The maximum absolute atomic E-state index is 13.9. The molecule has 2 amide bonds. The van der Waals surface area contributed by atoms with Gasteiger partial charge in [0.05, 0.1) is 28.8 Å². The van der Waals surface area contributed by atoms with Crippen molar-refractivity contribution in [1.29, 1.82) is 0 Å². The lowest BCUT2D eigenvalue weighted by molar-refractivity contribution is -0.117. The fourth-order valence-corrected chi connectivity index (χ4v) is 4.35. The molecule has 11 nitrogen and oxygen atoms in total. The Morgan fingerprint density at radius 3 is 2.75 bits per heavy atom. The summed E-state index contributed by atoms with van der Waals surface area (Å²) < 4.78 is 50.8. The van der Waals surface area contributed by atoms with Crippen LogP contribution in [0, 0.1) is 12.8 Å². The highest BCUT2D eigenvalue weighted by atomic mass is 19.3. The average molecular weight is 501 g/mol. The molecule has 1 aliphatic heterocycles. The van der Waals surface area contributed by atoms with E-state index in [4.69, 9.17) is 4.11 Å². The fraction of sp³-hybridized carbons (Fsp3) is 0.391. The number of imidazole rings is 1. The van der Waals surface area contributed by atoms with Gasteiger partial charge in [0.1, 0.15) is 5.82 Å². The summed E-state index contributed by atoms with van der Waals surface area (Å²) in [6.45, 7) is -2.29. The first-order valence-corrected chi connectivity index (χ1v) is 11.2. The zero-order chi connectivity index (χ0) is 28.2. The zero-order valence-electron chi connectivity index (χ0n) is 22.6. The molecule has 0 bridgehead atoms. The van der Waals surface area contributed by atoms with Crippen molar-refractivity contribution in [2.75, 3.05) is 29.6 Å². The van der Waals surface area contributed by atoms with Gasteiger partial charge in [-0.3, -0.25) is 14.2 Å². The topological polar surface area (TPSA) is 130 Å². The van der Waals surface area contributed by atoms with Gasteiger partial charge in [0.15, 0.2) is 17.3 Å². The van der Waals surface area contributed by atoms with Crippen LogP contribution in [0.5, 0.6) is 0 Å². The van der Waals surface area contributed by atoms with Crippen molar-refractivity contribution in [1.82, 2.24) is 30.0 Å². The second-order valence-corrected chi connectivity index (χ2v) is 8.72. The first kappa shape index (κ1) is 20.1. The van der Waals surface area contributed by atoms with Crippen LogP contribution in [0.1, 0.15) is 58.5 Å². The van der Waals surface area contributed by atoms with Crippen molar-refractivity contribution < 1.29 is 22.5 Å². The number of nitrogens with one attached hydrogen (secondary N) is 3. The van der Waals surface area contributed by atoms with Crippen molar-refractivity contribution in [3.8, 4) is 11.3 Å². The molecule has 36 heavy (non-hydrogen) atoms. The minimum absolute atomic E-state index is 0.0277. The van der Waals surface area contributed by atoms with E-state index in [0.717, 1.165) is 17.4 Å². The highest BCUT2D eigenvalue weighted by Gasteiger charge is 2.36. The Balaban J connectivity index is 1.59. The van der Waals surface area contributed by atoms with E-state index in [2.05, 4.69) is 30.8 Å². The maximum Gasteiger partial charge on any atom is 0.320 e. The first-order valence-electron chi connectivity index (χ1n) is 12.7. The third-order valence-electron chi connectivity index (χ3n) is 6.40. The standard InChI is InChI=1S/C23H25F2N9O2/c1-10-18-16(28-11(2)34(18)23(24)25)13-7-8-27-20(19(13)33(10)4)29-14-9-15(30-21(35)12-5-6-12)31-32-17(14)22(36)26-3/h7-10,12,23H,5-6H2,1-4H3,(H,26,36)(H2,27,29,30,31,35)/t10-/m0/s1/i3D3. The SMILES string of the molecule is [2H]C([2H])([2H])NC(=O)c1nnc(NC(=O)C2CC2)cc1Nc1nccc2c1N(C)[C@@H](C)c1c-2nc(C)n1C(F)F. The Morgan fingerprint density at radius 1 is 1.28 bits per heavy atom. The number of halogens is 2. The van der Waals surface area contributed by atoms with E-state index in [1.807, 2.05) is 5.32 Å². The molecule has 1 atom stereocenters. The number of fused-ring (bicyclic) bond motifs is 3. The van der Waals surface area contributed by atoms with Gasteiger partial charge in [0.2, 0.25) is 5.91 Å². The molecule has 0 radical (unpaired) electrons. The van der Waals surface area contributed by atoms with Crippen LogP contribution in [0.3, 0.4) is 0 Å². The van der Waals surface area contributed by atoms with Crippen molar-refractivity contribution in [3.05, 3.63) is 35.5 Å². The summed E-state index contributed by atoms with van der Waals surface area (Å²) >= 11 is 0. The molecule has 2 aliphatic rings. The second kappa shape index (κ2) is 8.81. The maximum atomic E-state index is 13.9. The predicted octanol–water partition coefficient (Wildman–Crippen LogP) is 3.40. The molecule has 1 fully saturated rings. The number of hydrogen-bond acceptors (Lipinski definition) is 8. The van der Waals surface area contributed by atoms with E-state index in [0.29, 0.717) is 22.6 Å². The average Bonchev–Trinajstić information content (AvgIpc) is 3.63. The number of rotatable bonds is 6. The number of hydrogen-bond donors (Lipinski definition) is 3. The molecule has 3 aromatic heterocycles. The fourth-order valence-electron chi connectivity index (χ4n) is 4.35. The highest BCUT2D eigenvalue weighted by molar-refractivity contribution is 6.00. The van der Waals surface area contributed by atoms with Crippen LogP contribution in [0.25, 0.3) is 11.3 Å². The molecule has 0 saturated heterocycles. The van der Waals surface area contributed by atoms with Gasteiger partial charge in [0.25, 0.3) is 5.91 Å². The van der Waals surface area contributed by atoms with Crippen LogP contribution in [0.4, 0.5) is 31.8 Å². The van der Waals surface area contributed by atoms with Crippen molar-refractivity contribution in [3.63, 3.8) is 0 Å². The number of aryl methyl sites for hydroxylation is 1. The Morgan fingerprint density at radius 2 is 2.06 bits per heavy atom. The van der Waals surface area contributed by atoms with Crippen molar-refractivity contribution in [2.24, 2.45) is 5.92 Å². The molecule has 1 aliphatic carbocycles. The van der Waals surface area contributed by atoms with Gasteiger partial charge < -0.3 is 20.9 Å². The van der Waals surface area contributed by atoms with Crippen molar-refractivity contribution in [2.45, 2.75) is 39.3 Å². The lowest BCUT2D eigenvalue weighted by Gasteiger charge is -2.35. The number of carbonyl (C=O) groups excluding carboxylic acids is 2. The number of amides is 2. The van der Waals surface area contributed by atoms with Gasteiger partial charge in [-0.05, 0) is 32.8 Å². The molecule has 0 spiro atoms. The van der Waals surface area contributed by atoms with Crippen LogP contribution in [0.2, 0.25) is 0 Å². The van der Waals surface area contributed by atoms with Crippen LogP contribution < -0.4 is 20.9 Å². The van der Waals surface area contributed by atoms with Gasteiger partial charge in [-0.15, -0.1) is 10.2 Å². The minimum Gasteiger partial charge on any atom is -0.363 e. The normalized spacial score (nSPS) is 18.0. The Kier molecular flexibility index (Phi) is 4.91. The molecule has 3 N–H and O–H groups in total. The monoisotopic (exact) mass is 500 g/mol. The molecule has 5 rings (SSSR count). The Bertz CT molecular complexity index is 1470. The van der Waals surface area contributed by atoms with Gasteiger partial charge in [-0.1, -0.05) is 0 Å². The summed E-state index contributed by atoms with van der Waals surface area (Å²) in [7, 11) is 1.71. The quantitative estimate of drug-likeness (QED) is 0.470. The third-order valence-corrected chi connectivity index (χ3v) is 6.40. The lowest BCUT2D eigenvalue weighted by atomic mass is 9.98. The summed E-state index contributed by atoms with van der Waals surface area (Å²) in [5, 5.41) is 15.3. The van der Waals surface area contributed by atoms with Gasteiger partial charge in [-0.2, -0.15) is 8.78 Å². The minimum atomic E-state index is -2.79. The molecule has 1 saturated carbocycles. The summed E-state index contributed by atoms with van der Waals surface area (Å²) in [6, 6.07) is 2.49. The first-order chi connectivity index (χ1) is 18.4. The summed E-state index contributed by atoms with van der Waals surface area (Å²) in [4.78, 5) is 35.6. The molecular weight excluding hydrogens is 472 g/mol. The van der Waals surface area contributed by atoms with E-state index >= 15 is 0 Å². The highest BCUT2D eigenvalue weighted by Crippen LogP contribution is 2.48. The largest absolute Gasteiger partial charge is 0.363 e. The third kappa shape index (κ3) is 3.89. The summed E-state index contributed by atoms with van der Waals surface area (Å²) in [5.74, 6) is -0.939. The number of nitrogens with zero attached hydrogens (tertiary/aromatic N) is 6. The Hall–Kier alpha value is -4.16. The number of pyridine rings is 1. The number of alkyl halides is 2. The smallest absolute Gasteiger partial charge is 0.320 e. The number of anilines is 4. The molecule has 3 aromatic rings. The summed E-state index contributed by atoms with van der Waals surface area (Å²) in [6.07, 6.45) is 2.98. The second-order valence-electron chi connectivity index (χ2n) is 8.72. The molecule has 13 heteroatoms. The van der Waals surface area contributed by atoms with Gasteiger partial charge >= 0.3 is 6.55 Å². The number of aromatic nitrogens is 5. The van der Waals surface area contributed by atoms with Crippen LogP contribution in [-0.2, 0) is 4.79 Å². The molecule has 0 unspecified atom stereocenters. The van der Waals surface area contributed by atoms with Gasteiger partial charge in [0, 0.05) is 41.9 Å². The van der Waals surface area contributed by atoms with Crippen molar-refractivity contribution >= 4 is 34.8 Å². The van der Waals surface area contributed by atoms with E-state index in [1.54, 1.807) is 24.9 Å². The van der Waals surface area contributed by atoms with Gasteiger partial charge in [-0.25, -0.2) is 9.97 Å². The number of carbonyl (C=O) groups is 2. The van der Waals surface area contributed by atoms with E-state index in [1.165, 1.54) is 19.2 Å². The molecule has 0 aromatic carbocycles. The van der Waals surface area contributed by atoms with E-state index < -0.39 is 25.5 Å². The van der Waals surface area contributed by atoms with E-state index in [9.17, 15) is 18.4 Å². The molecule has 188 valence electrons. The lowest BCUT2D eigenvalue weighted by Crippen LogP contribution is -2.29. The van der Waals surface area contributed by atoms with Crippen LogP contribution >= 0.6 is 0 Å². The predicted molar refractivity (Wildman–Crippen MR) is 128 cm³/mol. The molecule has 4 heterocycles. The van der Waals surface area contributed by atoms with Crippen LogP contribution in [0.15, 0.2) is 18.3 Å². The Labute approximate surface area is 209 Å². The summed E-state index contributed by atoms with van der Waals surface area (Å²) in [5.41, 5.74) is 1.45.